The largest absolute Gasteiger partial charge is 0.375 e. The molecule has 2 aromatic rings. The van der Waals surface area contributed by atoms with Gasteiger partial charge in [0, 0.05) is 20.4 Å². The van der Waals surface area contributed by atoms with Gasteiger partial charge in [0.1, 0.15) is 6.10 Å². The highest BCUT2D eigenvalue weighted by Gasteiger charge is 2.25. The summed E-state index contributed by atoms with van der Waals surface area (Å²) in [6, 6.07) is 12.3. The van der Waals surface area contributed by atoms with Gasteiger partial charge < -0.3 is 10.1 Å². The highest BCUT2D eigenvalue weighted by Crippen LogP contribution is 2.30. The fourth-order valence-corrected chi connectivity index (χ4v) is 2.25. The van der Waals surface area contributed by atoms with Crippen LogP contribution in [0.4, 0.5) is 0 Å². The van der Waals surface area contributed by atoms with Gasteiger partial charge in [-0.3, -0.25) is 4.68 Å². The van der Waals surface area contributed by atoms with Gasteiger partial charge in [-0.2, -0.15) is 5.10 Å². The summed E-state index contributed by atoms with van der Waals surface area (Å²) in [5, 5.41) is 7.53. The minimum Gasteiger partial charge on any atom is -0.375 e. The molecule has 1 aromatic carbocycles. The number of aromatic nitrogens is 2. The smallest absolute Gasteiger partial charge is 0.103 e. The van der Waals surface area contributed by atoms with Crippen molar-refractivity contribution in [1.82, 2.24) is 15.1 Å². The van der Waals surface area contributed by atoms with Gasteiger partial charge in [0.2, 0.25) is 0 Å². The molecule has 0 spiro atoms. The van der Waals surface area contributed by atoms with Crippen molar-refractivity contribution < 1.29 is 4.74 Å². The number of ether oxygens (including phenoxy) is 1. The molecule has 0 aliphatic carbocycles. The molecule has 1 heterocycles. The Bertz CT molecular complexity index is 481. The summed E-state index contributed by atoms with van der Waals surface area (Å²) in [5.41, 5.74) is 2.26. The molecule has 1 N–H and O–H groups in total. The molecule has 4 nitrogen and oxygen atoms in total. The maximum atomic E-state index is 5.66. The minimum atomic E-state index is -0.0356. The minimum absolute atomic E-state index is 0.0356. The third-order valence-corrected chi connectivity index (χ3v) is 3.17. The van der Waals surface area contributed by atoms with Crippen molar-refractivity contribution >= 4 is 0 Å². The van der Waals surface area contributed by atoms with Crippen molar-refractivity contribution in [2.45, 2.75) is 12.1 Å². The monoisotopic (exact) mass is 245 g/mol. The number of rotatable bonds is 5. The predicted molar refractivity (Wildman–Crippen MR) is 71.2 cm³/mol. The Hall–Kier alpha value is -1.65. The Balaban J connectivity index is 2.34. The first-order chi connectivity index (χ1) is 8.77. The van der Waals surface area contributed by atoms with E-state index in [1.807, 2.05) is 43.0 Å². The van der Waals surface area contributed by atoms with Crippen molar-refractivity contribution in [2.24, 2.45) is 7.05 Å². The number of nitrogens with zero attached hydrogens (tertiary/aromatic N) is 2. The highest BCUT2D eigenvalue weighted by molar-refractivity contribution is 5.22. The van der Waals surface area contributed by atoms with E-state index in [1.165, 1.54) is 0 Å². The predicted octanol–water partition coefficient (Wildman–Crippen LogP) is 2.07. The molecule has 0 amide bonds. The number of aryl methyl sites for hydroxylation is 1. The van der Waals surface area contributed by atoms with E-state index < -0.39 is 0 Å². The lowest BCUT2D eigenvalue weighted by Crippen LogP contribution is -2.27. The zero-order valence-corrected chi connectivity index (χ0v) is 11.0. The van der Waals surface area contributed by atoms with E-state index in [1.54, 1.807) is 13.3 Å². The topological polar surface area (TPSA) is 39.1 Å². The third kappa shape index (κ3) is 2.44. The number of hydrogen-bond acceptors (Lipinski definition) is 3. The van der Waals surface area contributed by atoms with Crippen LogP contribution in [-0.2, 0) is 11.8 Å². The average Bonchev–Trinajstić information content (AvgIpc) is 2.83. The van der Waals surface area contributed by atoms with Crippen LogP contribution in [0.5, 0.6) is 0 Å². The Kier molecular flexibility index (Phi) is 4.12. The summed E-state index contributed by atoms with van der Waals surface area (Å²) < 4.78 is 7.54. The van der Waals surface area contributed by atoms with Gasteiger partial charge in [-0.05, 0) is 18.7 Å². The van der Waals surface area contributed by atoms with Crippen LogP contribution in [0.25, 0.3) is 0 Å². The lowest BCUT2D eigenvalue weighted by Gasteiger charge is -2.26. The van der Waals surface area contributed by atoms with Crippen molar-refractivity contribution in [1.29, 1.82) is 0 Å². The molecule has 1 aromatic heterocycles. The van der Waals surface area contributed by atoms with Gasteiger partial charge in [0.15, 0.2) is 0 Å². The first-order valence-electron chi connectivity index (χ1n) is 6.01. The summed E-state index contributed by atoms with van der Waals surface area (Å²) in [5.74, 6) is 0. The van der Waals surface area contributed by atoms with Gasteiger partial charge >= 0.3 is 0 Å². The quantitative estimate of drug-likeness (QED) is 0.876. The molecular weight excluding hydrogens is 226 g/mol. The van der Waals surface area contributed by atoms with Crippen molar-refractivity contribution in [2.75, 3.05) is 14.2 Å². The summed E-state index contributed by atoms with van der Waals surface area (Å²) in [4.78, 5) is 0. The van der Waals surface area contributed by atoms with E-state index >= 15 is 0 Å². The number of methoxy groups -OCH3 is 1. The Labute approximate surface area is 108 Å². The molecule has 0 bridgehead atoms. The number of likely N-dealkylation sites (N-methyl/N-ethyl adjacent to an activating group) is 1. The molecule has 0 saturated heterocycles. The number of benzene rings is 1. The van der Waals surface area contributed by atoms with Gasteiger partial charge in [0.25, 0.3) is 0 Å². The summed E-state index contributed by atoms with van der Waals surface area (Å²) in [6.07, 6.45) is 1.77. The Morgan fingerprint density at radius 2 is 1.94 bits per heavy atom. The molecule has 0 radical (unpaired) electrons. The van der Waals surface area contributed by atoms with E-state index in [0.29, 0.717) is 0 Å². The van der Waals surface area contributed by atoms with Crippen LogP contribution in [0, 0.1) is 0 Å². The molecule has 0 fully saturated rings. The highest BCUT2D eigenvalue weighted by atomic mass is 16.5. The summed E-state index contributed by atoms with van der Waals surface area (Å²) in [7, 11) is 5.61. The lowest BCUT2D eigenvalue weighted by atomic mass is 9.99. The molecule has 0 aliphatic rings. The van der Waals surface area contributed by atoms with Crippen molar-refractivity contribution in [3.63, 3.8) is 0 Å². The Morgan fingerprint density at radius 1 is 1.22 bits per heavy atom. The first kappa shape index (κ1) is 12.8. The molecule has 0 aliphatic heterocycles. The summed E-state index contributed by atoms with van der Waals surface area (Å²) >= 11 is 0. The third-order valence-electron chi connectivity index (χ3n) is 3.17. The average molecular weight is 245 g/mol. The normalized spacial score (nSPS) is 14.4. The van der Waals surface area contributed by atoms with Crippen LogP contribution >= 0.6 is 0 Å². The van der Waals surface area contributed by atoms with E-state index in [9.17, 15) is 0 Å². The molecule has 2 rings (SSSR count). The molecule has 2 atom stereocenters. The molecule has 96 valence electrons. The fourth-order valence-electron chi connectivity index (χ4n) is 2.25. The first-order valence-corrected chi connectivity index (χ1v) is 6.01. The van der Waals surface area contributed by atoms with Crippen LogP contribution in [0.2, 0.25) is 0 Å². The lowest BCUT2D eigenvalue weighted by molar-refractivity contribution is 0.0676. The van der Waals surface area contributed by atoms with Crippen LogP contribution in [0.1, 0.15) is 23.4 Å². The second-order valence-corrected chi connectivity index (χ2v) is 4.21. The fraction of sp³-hybridized carbons (Fsp3) is 0.357. The van der Waals surface area contributed by atoms with E-state index in [2.05, 4.69) is 22.5 Å². The second kappa shape index (κ2) is 5.80. The second-order valence-electron chi connectivity index (χ2n) is 4.21. The Morgan fingerprint density at radius 3 is 2.44 bits per heavy atom. The van der Waals surface area contributed by atoms with Crippen LogP contribution in [0.3, 0.4) is 0 Å². The zero-order chi connectivity index (χ0) is 13.0. The number of nitrogens with one attached hydrogen (secondary N) is 1. The maximum Gasteiger partial charge on any atom is 0.103 e. The van der Waals surface area contributed by atoms with Crippen molar-refractivity contribution in [3.8, 4) is 0 Å². The molecule has 0 saturated carbocycles. The molecule has 2 unspecified atom stereocenters. The van der Waals surface area contributed by atoms with E-state index in [-0.39, 0.29) is 12.1 Å². The van der Waals surface area contributed by atoms with Gasteiger partial charge in [0.05, 0.1) is 11.7 Å². The SMILES string of the molecule is CNC(c1ccnn1C)C(OC)c1ccccc1. The van der Waals surface area contributed by atoms with E-state index in [0.717, 1.165) is 11.3 Å². The molecular formula is C14H19N3O. The van der Waals surface area contributed by atoms with Crippen molar-refractivity contribution in [3.05, 3.63) is 53.9 Å². The molecule has 4 heteroatoms. The zero-order valence-electron chi connectivity index (χ0n) is 11.0. The van der Waals surface area contributed by atoms with E-state index in [4.69, 9.17) is 4.74 Å². The number of hydrogen-bond donors (Lipinski definition) is 1. The van der Waals surface area contributed by atoms with Gasteiger partial charge in [-0.1, -0.05) is 30.3 Å². The van der Waals surface area contributed by atoms with Gasteiger partial charge in [-0.15, -0.1) is 0 Å². The van der Waals surface area contributed by atoms with Crippen LogP contribution in [-0.4, -0.2) is 23.9 Å². The summed E-state index contributed by atoms with van der Waals surface area (Å²) in [6.45, 7) is 0. The standard InChI is InChI=1S/C14H19N3O/c1-15-13(12-9-10-16-17(12)2)14(18-3)11-7-5-4-6-8-11/h4-10,13-15H,1-3H3. The maximum absolute atomic E-state index is 5.66. The van der Waals surface area contributed by atoms with Gasteiger partial charge in [-0.25, -0.2) is 0 Å². The van der Waals surface area contributed by atoms with Crippen LogP contribution < -0.4 is 5.32 Å². The molecule has 18 heavy (non-hydrogen) atoms. The van der Waals surface area contributed by atoms with Crippen LogP contribution in [0.15, 0.2) is 42.6 Å².